The molecule has 0 heterocycles. The van der Waals surface area contributed by atoms with Crippen LogP contribution in [-0.2, 0) is 14.6 Å². The van der Waals surface area contributed by atoms with E-state index in [0.717, 1.165) is 10.0 Å². The van der Waals surface area contributed by atoms with Crippen molar-refractivity contribution < 1.29 is 13.2 Å². The third-order valence-corrected chi connectivity index (χ3v) is 7.46. The molecule has 0 aromatic heterocycles. The number of nitriles is 1. The van der Waals surface area contributed by atoms with Gasteiger partial charge in [0.15, 0.2) is 9.84 Å². The summed E-state index contributed by atoms with van der Waals surface area (Å²) in [5, 5.41) is 9.04. The topological polar surface area (TPSA) is 67.2 Å². The summed E-state index contributed by atoms with van der Waals surface area (Å²) >= 11 is 3.39. The molecule has 2 aromatic carbocycles. The molecule has 3 rings (SSSR count). The second kappa shape index (κ2) is 6.91. The summed E-state index contributed by atoms with van der Waals surface area (Å²) in [6, 6.07) is 18.0. The third kappa shape index (κ3) is 3.12. The molecule has 0 aliphatic heterocycles. The summed E-state index contributed by atoms with van der Waals surface area (Å²) in [5.74, 6) is -0.401. The van der Waals surface area contributed by atoms with Gasteiger partial charge >= 0.3 is 0 Å². The van der Waals surface area contributed by atoms with Gasteiger partial charge in [0.05, 0.1) is 22.8 Å². The SMILES string of the molecule is CCOC[C@]1(C#N)[C@@H](c2ccc(Br)cc2)[C@@H]1S(=O)(=O)c1ccccc1. The number of halogens is 1. The zero-order valence-electron chi connectivity index (χ0n) is 13.7. The normalized spacial score (nSPS) is 25.3. The molecule has 0 bridgehead atoms. The maximum atomic E-state index is 13.2. The highest BCUT2D eigenvalue weighted by Gasteiger charge is 2.72. The van der Waals surface area contributed by atoms with Crippen LogP contribution in [0.4, 0.5) is 0 Å². The van der Waals surface area contributed by atoms with Gasteiger partial charge in [0.1, 0.15) is 5.41 Å². The predicted octanol–water partition coefficient (Wildman–Crippen LogP) is 3.94. The van der Waals surface area contributed by atoms with Gasteiger partial charge in [0.25, 0.3) is 0 Å². The van der Waals surface area contributed by atoms with Gasteiger partial charge in [0.2, 0.25) is 0 Å². The van der Waals surface area contributed by atoms with Gasteiger partial charge in [-0.25, -0.2) is 8.42 Å². The highest BCUT2D eigenvalue weighted by atomic mass is 79.9. The zero-order valence-corrected chi connectivity index (χ0v) is 16.1. The molecule has 0 saturated heterocycles. The lowest BCUT2D eigenvalue weighted by Crippen LogP contribution is -2.19. The van der Waals surface area contributed by atoms with Crippen molar-refractivity contribution >= 4 is 25.8 Å². The average Bonchev–Trinajstić information content (AvgIpc) is 3.31. The summed E-state index contributed by atoms with van der Waals surface area (Å²) in [7, 11) is -3.64. The summed E-state index contributed by atoms with van der Waals surface area (Å²) in [5.41, 5.74) is -0.215. The van der Waals surface area contributed by atoms with Gasteiger partial charge in [-0.2, -0.15) is 5.26 Å². The fourth-order valence-electron chi connectivity index (χ4n) is 3.37. The molecule has 1 saturated carbocycles. The number of sulfone groups is 1. The summed E-state index contributed by atoms with van der Waals surface area (Å²) in [4.78, 5) is 0.246. The maximum absolute atomic E-state index is 13.2. The Morgan fingerprint density at radius 3 is 2.36 bits per heavy atom. The quantitative estimate of drug-likeness (QED) is 0.710. The lowest BCUT2D eigenvalue weighted by atomic mass is 10.0. The van der Waals surface area contributed by atoms with Crippen molar-refractivity contribution in [1.82, 2.24) is 0 Å². The minimum Gasteiger partial charge on any atom is -0.380 e. The van der Waals surface area contributed by atoms with Crippen LogP contribution in [0.5, 0.6) is 0 Å². The second-order valence-corrected chi connectivity index (χ2v) is 9.08. The highest BCUT2D eigenvalue weighted by molar-refractivity contribution is 9.10. The van der Waals surface area contributed by atoms with Crippen LogP contribution in [0.3, 0.4) is 0 Å². The van der Waals surface area contributed by atoms with E-state index < -0.39 is 26.4 Å². The van der Waals surface area contributed by atoms with E-state index in [1.165, 1.54) is 0 Å². The van der Waals surface area contributed by atoms with Crippen LogP contribution in [0.1, 0.15) is 18.4 Å². The predicted molar refractivity (Wildman–Crippen MR) is 98.8 cm³/mol. The summed E-state index contributed by atoms with van der Waals surface area (Å²) in [6.45, 7) is 2.38. The molecule has 4 nitrogen and oxygen atoms in total. The molecule has 130 valence electrons. The smallest absolute Gasteiger partial charge is 0.183 e. The Kier molecular flexibility index (Phi) is 5.01. The van der Waals surface area contributed by atoms with Crippen LogP contribution in [0.15, 0.2) is 64.0 Å². The van der Waals surface area contributed by atoms with E-state index in [9.17, 15) is 13.7 Å². The molecule has 3 atom stereocenters. The molecule has 1 fully saturated rings. The zero-order chi connectivity index (χ0) is 18.1. The Labute approximate surface area is 156 Å². The van der Waals surface area contributed by atoms with Crippen molar-refractivity contribution in [3.63, 3.8) is 0 Å². The molecule has 6 heteroatoms. The van der Waals surface area contributed by atoms with Crippen LogP contribution < -0.4 is 0 Å². The summed E-state index contributed by atoms with van der Waals surface area (Å²) < 4.78 is 32.7. The maximum Gasteiger partial charge on any atom is 0.183 e. The molecule has 1 aliphatic rings. The first-order chi connectivity index (χ1) is 12.0. The van der Waals surface area contributed by atoms with E-state index in [2.05, 4.69) is 22.0 Å². The second-order valence-electron chi connectivity index (χ2n) is 6.10. The first-order valence-electron chi connectivity index (χ1n) is 8.01. The molecule has 0 spiro atoms. The number of hydrogen-bond donors (Lipinski definition) is 0. The van der Waals surface area contributed by atoms with Crippen LogP contribution in [0.2, 0.25) is 0 Å². The van der Waals surface area contributed by atoms with Crippen LogP contribution in [0.25, 0.3) is 0 Å². The highest BCUT2D eigenvalue weighted by Crippen LogP contribution is 2.63. The van der Waals surface area contributed by atoms with E-state index >= 15 is 0 Å². The Morgan fingerprint density at radius 1 is 1.16 bits per heavy atom. The number of ether oxygens (including phenoxy) is 1. The first-order valence-corrected chi connectivity index (χ1v) is 10.3. The van der Waals surface area contributed by atoms with Gasteiger partial charge in [-0.15, -0.1) is 0 Å². The molecular formula is C19H18BrNO3S. The van der Waals surface area contributed by atoms with Crippen molar-refractivity contribution in [1.29, 1.82) is 5.26 Å². The van der Waals surface area contributed by atoms with Gasteiger partial charge in [-0.1, -0.05) is 46.3 Å². The van der Waals surface area contributed by atoms with E-state index in [-0.39, 0.29) is 11.5 Å². The van der Waals surface area contributed by atoms with Crippen LogP contribution in [-0.4, -0.2) is 26.9 Å². The molecular weight excluding hydrogens is 402 g/mol. The van der Waals surface area contributed by atoms with Gasteiger partial charge < -0.3 is 4.74 Å². The average molecular weight is 420 g/mol. The van der Waals surface area contributed by atoms with E-state index in [1.807, 2.05) is 31.2 Å². The molecule has 0 N–H and O–H groups in total. The molecule has 1 aliphatic carbocycles. The number of benzene rings is 2. The lowest BCUT2D eigenvalue weighted by Gasteiger charge is -2.09. The monoisotopic (exact) mass is 419 g/mol. The largest absolute Gasteiger partial charge is 0.380 e. The van der Waals surface area contributed by atoms with E-state index in [1.54, 1.807) is 30.3 Å². The van der Waals surface area contributed by atoms with E-state index in [4.69, 9.17) is 4.74 Å². The number of hydrogen-bond acceptors (Lipinski definition) is 4. The van der Waals surface area contributed by atoms with Crippen LogP contribution >= 0.6 is 15.9 Å². The molecule has 0 radical (unpaired) electrons. The molecule has 2 aromatic rings. The van der Waals surface area contributed by atoms with Crippen molar-refractivity contribution in [3.05, 3.63) is 64.6 Å². The number of nitrogens with zero attached hydrogens (tertiary/aromatic N) is 1. The first kappa shape index (κ1) is 18.1. The Hall–Kier alpha value is -1.68. The van der Waals surface area contributed by atoms with Crippen molar-refractivity contribution in [2.75, 3.05) is 13.2 Å². The molecule has 0 amide bonds. The van der Waals surface area contributed by atoms with Gasteiger partial charge in [-0.3, -0.25) is 0 Å². The molecule has 25 heavy (non-hydrogen) atoms. The van der Waals surface area contributed by atoms with Crippen molar-refractivity contribution in [3.8, 4) is 6.07 Å². The fourth-order valence-corrected chi connectivity index (χ4v) is 5.96. The lowest BCUT2D eigenvalue weighted by molar-refractivity contribution is 0.117. The third-order valence-electron chi connectivity index (χ3n) is 4.64. The van der Waals surface area contributed by atoms with Crippen molar-refractivity contribution in [2.24, 2.45) is 5.41 Å². The van der Waals surface area contributed by atoms with Gasteiger partial charge in [-0.05, 0) is 36.8 Å². The standard InChI is InChI=1S/C19H18BrNO3S/c1-2-24-13-19(12-21)17(14-8-10-15(20)11-9-14)18(19)25(22,23)16-6-4-3-5-7-16/h3-11,17-18H,2,13H2,1H3/t17-,18-,19+/m0/s1. The number of rotatable bonds is 6. The van der Waals surface area contributed by atoms with E-state index in [0.29, 0.717) is 6.61 Å². The summed E-state index contributed by atoms with van der Waals surface area (Å²) in [6.07, 6.45) is 0. The minimum absolute atomic E-state index is 0.109. The fraction of sp³-hybridized carbons (Fsp3) is 0.316. The Morgan fingerprint density at radius 2 is 1.80 bits per heavy atom. The van der Waals surface area contributed by atoms with Gasteiger partial charge in [0, 0.05) is 17.0 Å². The van der Waals surface area contributed by atoms with Crippen LogP contribution in [0, 0.1) is 16.7 Å². The van der Waals surface area contributed by atoms with Crippen molar-refractivity contribution in [2.45, 2.75) is 23.0 Å². The minimum atomic E-state index is -3.64. The molecule has 0 unspecified atom stereocenters. The Balaban J connectivity index is 2.06. The Bertz CT molecular complexity index is 891.